The van der Waals surface area contributed by atoms with Crippen LogP contribution in [-0.4, -0.2) is 16.9 Å². The Balaban J connectivity index is 1.98. The molecule has 0 aliphatic heterocycles. The molecule has 5 heteroatoms. The number of rotatable bonds is 3. The smallest absolute Gasteiger partial charge is 0.253 e. The van der Waals surface area contributed by atoms with Gasteiger partial charge in [-0.2, -0.15) is 0 Å². The van der Waals surface area contributed by atoms with Crippen LogP contribution in [0.15, 0.2) is 18.3 Å². The van der Waals surface area contributed by atoms with Gasteiger partial charge in [-0.05, 0) is 30.9 Å². The van der Waals surface area contributed by atoms with Gasteiger partial charge in [-0.15, -0.1) is 0 Å². The van der Waals surface area contributed by atoms with Gasteiger partial charge in [0.05, 0.1) is 5.56 Å². The van der Waals surface area contributed by atoms with Crippen LogP contribution in [0.4, 0.5) is 5.82 Å². The van der Waals surface area contributed by atoms with E-state index in [-0.39, 0.29) is 11.9 Å². The topological polar surface area (TPSA) is 80.0 Å². The van der Waals surface area contributed by atoms with Crippen LogP contribution in [0.2, 0.25) is 0 Å². The molecule has 1 aromatic rings. The van der Waals surface area contributed by atoms with Crippen LogP contribution in [0.1, 0.15) is 49.4 Å². The van der Waals surface area contributed by atoms with Crippen molar-refractivity contribution in [1.82, 2.24) is 10.3 Å². The summed E-state index contributed by atoms with van der Waals surface area (Å²) in [4.78, 5) is 16.2. The van der Waals surface area contributed by atoms with E-state index in [2.05, 4.69) is 22.7 Å². The number of hydrogen-bond donors (Lipinski definition) is 3. The number of carbonyl (C=O) groups is 1. The predicted octanol–water partition coefficient (Wildman–Crippen LogP) is 2.07. The normalized spacial score (nSPS) is 23.5. The predicted molar refractivity (Wildman–Crippen MR) is 75.6 cm³/mol. The summed E-state index contributed by atoms with van der Waals surface area (Å²) in [7, 11) is 0. The SMILES string of the molecule is CC1CCCCCC1NC(=O)c1ccc(NN)nc1. The van der Waals surface area contributed by atoms with Crippen molar-refractivity contribution in [2.24, 2.45) is 11.8 Å². The van der Waals surface area contributed by atoms with E-state index in [0.717, 1.165) is 6.42 Å². The summed E-state index contributed by atoms with van der Waals surface area (Å²) < 4.78 is 0. The average Bonchev–Trinajstić information content (AvgIpc) is 2.64. The molecule has 1 fully saturated rings. The molecule has 1 saturated carbocycles. The van der Waals surface area contributed by atoms with Crippen molar-refractivity contribution in [2.75, 3.05) is 5.43 Å². The molecule has 19 heavy (non-hydrogen) atoms. The first-order valence-corrected chi connectivity index (χ1v) is 6.94. The zero-order valence-corrected chi connectivity index (χ0v) is 11.4. The van der Waals surface area contributed by atoms with Crippen molar-refractivity contribution in [3.8, 4) is 0 Å². The lowest BCUT2D eigenvalue weighted by Gasteiger charge is -2.22. The number of anilines is 1. The summed E-state index contributed by atoms with van der Waals surface area (Å²) in [6, 6.07) is 3.71. The number of carbonyl (C=O) groups excluding carboxylic acids is 1. The lowest BCUT2D eigenvalue weighted by atomic mass is 9.97. The number of hydrazine groups is 1. The Labute approximate surface area is 114 Å². The molecule has 0 bridgehead atoms. The van der Waals surface area contributed by atoms with E-state index in [1.807, 2.05) is 0 Å². The molecule has 2 atom stereocenters. The van der Waals surface area contributed by atoms with Crippen LogP contribution in [0.25, 0.3) is 0 Å². The third-order valence-corrected chi connectivity index (χ3v) is 3.85. The number of nitrogens with one attached hydrogen (secondary N) is 2. The zero-order valence-electron chi connectivity index (χ0n) is 11.4. The van der Waals surface area contributed by atoms with Gasteiger partial charge < -0.3 is 10.7 Å². The zero-order chi connectivity index (χ0) is 13.7. The summed E-state index contributed by atoms with van der Waals surface area (Å²) in [6.45, 7) is 2.22. The Morgan fingerprint density at radius 1 is 1.32 bits per heavy atom. The van der Waals surface area contributed by atoms with Gasteiger partial charge in [0, 0.05) is 12.2 Å². The summed E-state index contributed by atoms with van der Waals surface area (Å²) in [5, 5.41) is 3.13. The van der Waals surface area contributed by atoms with Gasteiger partial charge >= 0.3 is 0 Å². The van der Waals surface area contributed by atoms with E-state index < -0.39 is 0 Å². The molecule has 2 unspecified atom stereocenters. The average molecular weight is 262 g/mol. The number of pyridine rings is 1. The fourth-order valence-electron chi connectivity index (χ4n) is 2.57. The fraction of sp³-hybridized carbons (Fsp3) is 0.571. The second kappa shape index (κ2) is 6.52. The first-order chi connectivity index (χ1) is 9.20. The highest BCUT2D eigenvalue weighted by atomic mass is 16.1. The second-order valence-electron chi connectivity index (χ2n) is 5.27. The van der Waals surface area contributed by atoms with Gasteiger partial charge in [0.1, 0.15) is 5.82 Å². The summed E-state index contributed by atoms with van der Waals surface area (Å²) in [5.41, 5.74) is 3.03. The van der Waals surface area contributed by atoms with Crippen LogP contribution in [0.3, 0.4) is 0 Å². The minimum absolute atomic E-state index is 0.0465. The maximum atomic E-state index is 12.2. The highest BCUT2D eigenvalue weighted by Gasteiger charge is 2.22. The fourth-order valence-corrected chi connectivity index (χ4v) is 2.57. The Bertz CT molecular complexity index is 418. The molecule has 2 rings (SSSR count). The quantitative estimate of drug-likeness (QED) is 0.442. The number of nitrogen functional groups attached to an aromatic ring is 1. The molecule has 5 nitrogen and oxygen atoms in total. The summed E-state index contributed by atoms with van der Waals surface area (Å²) in [6.07, 6.45) is 7.55. The van der Waals surface area contributed by atoms with E-state index in [1.165, 1.54) is 25.7 Å². The van der Waals surface area contributed by atoms with Gasteiger partial charge in [0.25, 0.3) is 5.91 Å². The van der Waals surface area contributed by atoms with Crippen LogP contribution < -0.4 is 16.6 Å². The molecule has 1 heterocycles. The van der Waals surface area contributed by atoms with Crippen molar-refractivity contribution in [3.05, 3.63) is 23.9 Å². The minimum Gasteiger partial charge on any atom is -0.349 e. The third kappa shape index (κ3) is 3.67. The van der Waals surface area contributed by atoms with Crippen LogP contribution in [0.5, 0.6) is 0 Å². The number of aromatic nitrogens is 1. The monoisotopic (exact) mass is 262 g/mol. The van der Waals surface area contributed by atoms with E-state index >= 15 is 0 Å². The number of hydrogen-bond acceptors (Lipinski definition) is 4. The first-order valence-electron chi connectivity index (χ1n) is 6.94. The lowest BCUT2D eigenvalue weighted by molar-refractivity contribution is 0.0921. The highest BCUT2D eigenvalue weighted by molar-refractivity contribution is 5.94. The molecule has 1 amide bonds. The second-order valence-corrected chi connectivity index (χ2v) is 5.27. The van der Waals surface area contributed by atoms with E-state index in [1.54, 1.807) is 18.3 Å². The van der Waals surface area contributed by atoms with Gasteiger partial charge in [-0.1, -0.05) is 26.2 Å². The van der Waals surface area contributed by atoms with Crippen molar-refractivity contribution >= 4 is 11.7 Å². The van der Waals surface area contributed by atoms with Gasteiger partial charge in [0.2, 0.25) is 0 Å². The van der Waals surface area contributed by atoms with E-state index in [0.29, 0.717) is 17.3 Å². The molecular formula is C14H22N4O. The Hall–Kier alpha value is -1.62. The minimum atomic E-state index is -0.0465. The number of nitrogens with two attached hydrogens (primary N) is 1. The van der Waals surface area contributed by atoms with Gasteiger partial charge in [-0.25, -0.2) is 10.8 Å². The highest BCUT2D eigenvalue weighted by Crippen LogP contribution is 2.23. The molecule has 104 valence electrons. The van der Waals surface area contributed by atoms with Crippen molar-refractivity contribution < 1.29 is 4.79 Å². The Morgan fingerprint density at radius 3 is 2.79 bits per heavy atom. The molecule has 1 aromatic heterocycles. The van der Waals surface area contributed by atoms with Crippen LogP contribution >= 0.6 is 0 Å². The summed E-state index contributed by atoms with van der Waals surface area (Å²) >= 11 is 0. The first kappa shape index (κ1) is 13.8. The van der Waals surface area contributed by atoms with E-state index in [4.69, 9.17) is 5.84 Å². The maximum Gasteiger partial charge on any atom is 0.253 e. The van der Waals surface area contributed by atoms with Crippen LogP contribution in [-0.2, 0) is 0 Å². The van der Waals surface area contributed by atoms with Crippen molar-refractivity contribution in [1.29, 1.82) is 0 Å². The molecule has 1 aliphatic rings. The molecule has 4 N–H and O–H groups in total. The Kier molecular flexibility index (Phi) is 4.74. The molecular weight excluding hydrogens is 240 g/mol. The third-order valence-electron chi connectivity index (χ3n) is 3.85. The van der Waals surface area contributed by atoms with Gasteiger partial charge in [0.15, 0.2) is 0 Å². The molecule has 0 radical (unpaired) electrons. The standard InChI is InChI=1S/C14H22N4O/c1-10-5-3-2-4-6-12(10)17-14(19)11-7-8-13(18-15)16-9-11/h7-10,12H,2-6,15H2,1H3,(H,16,18)(H,17,19). The largest absolute Gasteiger partial charge is 0.349 e. The Morgan fingerprint density at radius 2 is 2.11 bits per heavy atom. The number of nitrogens with zero attached hydrogens (tertiary/aromatic N) is 1. The maximum absolute atomic E-state index is 12.2. The summed E-state index contributed by atoms with van der Waals surface area (Å²) in [5.74, 6) is 6.30. The molecule has 1 aliphatic carbocycles. The van der Waals surface area contributed by atoms with Crippen LogP contribution in [0, 0.1) is 5.92 Å². The molecule has 0 spiro atoms. The molecule has 0 saturated heterocycles. The van der Waals surface area contributed by atoms with Crippen molar-refractivity contribution in [3.63, 3.8) is 0 Å². The lowest BCUT2D eigenvalue weighted by Crippen LogP contribution is -2.38. The van der Waals surface area contributed by atoms with E-state index in [9.17, 15) is 4.79 Å². The molecule has 0 aromatic carbocycles. The number of amides is 1. The van der Waals surface area contributed by atoms with Crippen molar-refractivity contribution in [2.45, 2.75) is 45.1 Å². The van der Waals surface area contributed by atoms with Gasteiger partial charge in [-0.3, -0.25) is 4.79 Å².